The van der Waals surface area contributed by atoms with Crippen LogP contribution in [0.1, 0.15) is 18.4 Å². The zero-order valence-corrected chi connectivity index (χ0v) is 14.1. The van der Waals surface area contributed by atoms with Gasteiger partial charge in [0.25, 0.3) is 0 Å². The summed E-state index contributed by atoms with van der Waals surface area (Å²) in [4.78, 5) is 18.8. The van der Waals surface area contributed by atoms with Crippen LogP contribution in [0.25, 0.3) is 0 Å². The number of hydrogen-bond donors (Lipinski definition) is 1. The molecule has 120 valence electrons. The molecule has 1 aromatic heterocycles. The van der Waals surface area contributed by atoms with Crippen molar-refractivity contribution in [1.82, 2.24) is 4.98 Å². The second-order valence-electron chi connectivity index (χ2n) is 5.57. The average Bonchev–Trinajstić information content (AvgIpc) is 3.06. The Morgan fingerprint density at radius 3 is 2.57 bits per heavy atom. The largest absolute Gasteiger partial charge is 0.357 e. The highest BCUT2D eigenvalue weighted by molar-refractivity contribution is 6.42. The van der Waals surface area contributed by atoms with Crippen LogP contribution in [0.15, 0.2) is 36.5 Å². The van der Waals surface area contributed by atoms with Crippen LogP contribution >= 0.6 is 23.2 Å². The van der Waals surface area contributed by atoms with Crippen molar-refractivity contribution in [1.29, 1.82) is 0 Å². The topological polar surface area (TPSA) is 45.2 Å². The number of carbonyl (C=O) groups excluding carboxylic acids is 1. The molecule has 0 bridgehead atoms. The number of amides is 1. The maximum absolute atomic E-state index is 12.1. The smallest absolute Gasteiger partial charge is 0.228 e. The summed E-state index contributed by atoms with van der Waals surface area (Å²) in [6, 6.07) is 9.02. The normalized spacial score (nSPS) is 14.1. The zero-order chi connectivity index (χ0) is 16.2. The summed E-state index contributed by atoms with van der Waals surface area (Å²) in [5, 5.41) is 3.78. The maximum atomic E-state index is 12.1. The fraction of sp³-hybridized carbons (Fsp3) is 0.294. The van der Waals surface area contributed by atoms with E-state index in [1.54, 1.807) is 24.4 Å². The first kappa shape index (κ1) is 16.1. The third-order valence-corrected chi connectivity index (χ3v) is 4.55. The Morgan fingerprint density at radius 2 is 1.91 bits per heavy atom. The minimum absolute atomic E-state index is 0.112. The Hall–Kier alpha value is -1.78. The highest BCUT2D eigenvalue weighted by Crippen LogP contribution is 2.23. The number of hydrogen-bond acceptors (Lipinski definition) is 3. The predicted molar refractivity (Wildman–Crippen MR) is 94.5 cm³/mol. The van der Waals surface area contributed by atoms with E-state index in [0.717, 1.165) is 24.5 Å². The lowest BCUT2D eigenvalue weighted by molar-refractivity contribution is -0.115. The Kier molecular flexibility index (Phi) is 5.03. The van der Waals surface area contributed by atoms with Gasteiger partial charge in [0.2, 0.25) is 5.91 Å². The third kappa shape index (κ3) is 4.15. The first-order valence-electron chi connectivity index (χ1n) is 7.56. The van der Waals surface area contributed by atoms with Crippen LogP contribution < -0.4 is 10.2 Å². The van der Waals surface area contributed by atoms with Crippen molar-refractivity contribution in [3.05, 3.63) is 52.1 Å². The van der Waals surface area contributed by atoms with Crippen LogP contribution in [-0.4, -0.2) is 24.0 Å². The Labute approximate surface area is 145 Å². The summed E-state index contributed by atoms with van der Waals surface area (Å²) < 4.78 is 0. The lowest BCUT2D eigenvalue weighted by atomic mass is 10.1. The predicted octanol–water partition coefficient (Wildman–Crippen LogP) is 4.17. The molecule has 1 saturated heterocycles. The van der Waals surface area contributed by atoms with Gasteiger partial charge in [-0.25, -0.2) is 4.98 Å². The molecule has 2 aromatic rings. The summed E-state index contributed by atoms with van der Waals surface area (Å²) in [6.07, 6.45) is 4.36. The molecule has 1 aromatic carbocycles. The molecule has 4 nitrogen and oxygen atoms in total. The first-order valence-corrected chi connectivity index (χ1v) is 8.32. The van der Waals surface area contributed by atoms with Crippen molar-refractivity contribution in [2.45, 2.75) is 19.3 Å². The van der Waals surface area contributed by atoms with Crippen molar-refractivity contribution in [2.24, 2.45) is 0 Å². The van der Waals surface area contributed by atoms with Crippen molar-refractivity contribution in [3.63, 3.8) is 0 Å². The summed E-state index contributed by atoms with van der Waals surface area (Å²) in [6.45, 7) is 2.10. The van der Waals surface area contributed by atoms with Gasteiger partial charge in [-0.1, -0.05) is 29.3 Å². The van der Waals surface area contributed by atoms with Gasteiger partial charge in [0.15, 0.2) is 0 Å². The lowest BCUT2D eigenvalue weighted by Gasteiger charge is -2.16. The van der Waals surface area contributed by atoms with Crippen molar-refractivity contribution < 1.29 is 4.79 Å². The van der Waals surface area contributed by atoms with Gasteiger partial charge in [0, 0.05) is 13.1 Å². The van der Waals surface area contributed by atoms with Crippen LogP contribution in [0.2, 0.25) is 10.0 Å². The Morgan fingerprint density at radius 1 is 1.13 bits per heavy atom. The minimum atomic E-state index is -0.112. The Bertz CT molecular complexity index is 697. The molecule has 1 amide bonds. The van der Waals surface area contributed by atoms with Gasteiger partial charge in [-0.2, -0.15) is 0 Å². The van der Waals surface area contributed by atoms with Gasteiger partial charge in [0.05, 0.1) is 28.4 Å². The second-order valence-corrected chi connectivity index (χ2v) is 6.39. The molecule has 1 aliphatic heterocycles. The molecular weight excluding hydrogens is 333 g/mol. The van der Waals surface area contributed by atoms with Crippen molar-refractivity contribution in [3.8, 4) is 0 Å². The van der Waals surface area contributed by atoms with Gasteiger partial charge < -0.3 is 10.2 Å². The molecule has 1 N–H and O–H groups in total. The summed E-state index contributed by atoms with van der Waals surface area (Å²) in [7, 11) is 0. The molecule has 0 unspecified atom stereocenters. The average molecular weight is 350 g/mol. The molecule has 0 spiro atoms. The molecule has 0 atom stereocenters. The maximum Gasteiger partial charge on any atom is 0.228 e. The monoisotopic (exact) mass is 349 g/mol. The number of nitrogens with one attached hydrogen (secondary N) is 1. The van der Waals surface area contributed by atoms with Gasteiger partial charge >= 0.3 is 0 Å². The molecule has 1 fully saturated rings. The van der Waals surface area contributed by atoms with E-state index in [9.17, 15) is 4.79 Å². The molecule has 3 rings (SSSR count). The molecule has 0 aliphatic carbocycles. The quantitative estimate of drug-likeness (QED) is 0.900. The molecule has 23 heavy (non-hydrogen) atoms. The van der Waals surface area contributed by atoms with Crippen molar-refractivity contribution in [2.75, 3.05) is 23.3 Å². The molecular formula is C17H17Cl2N3O. The van der Waals surface area contributed by atoms with Crippen LogP contribution in [0, 0.1) is 0 Å². The summed E-state index contributed by atoms with van der Waals surface area (Å²) >= 11 is 11.8. The fourth-order valence-corrected chi connectivity index (χ4v) is 2.95. The second kappa shape index (κ2) is 7.20. The first-order chi connectivity index (χ1) is 11.1. The summed E-state index contributed by atoms with van der Waals surface area (Å²) in [5.41, 5.74) is 1.51. The fourth-order valence-electron chi connectivity index (χ4n) is 2.63. The van der Waals surface area contributed by atoms with Gasteiger partial charge in [-0.3, -0.25) is 4.79 Å². The van der Waals surface area contributed by atoms with Crippen LogP contribution in [-0.2, 0) is 11.2 Å². The highest BCUT2D eigenvalue weighted by atomic mass is 35.5. The molecule has 0 radical (unpaired) electrons. The zero-order valence-electron chi connectivity index (χ0n) is 12.6. The number of pyridine rings is 1. The number of halogens is 2. The summed E-state index contributed by atoms with van der Waals surface area (Å²) in [5.74, 6) is 0.851. The van der Waals surface area contributed by atoms with E-state index in [4.69, 9.17) is 23.2 Å². The van der Waals surface area contributed by atoms with E-state index in [0.29, 0.717) is 15.7 Å². The molecule has 0 saturated carbocycles. The van der Waals surface area contributed by atoms with E-state index >= 15 is 0 Å². The molecule has 6 heteroatoms. The number of anilines is 2. The molecule has 1 aliphatic rings. The number of rotatable bonds is 4. The third-order valence-electron chi connectivity index (χ3n) is 3.81. The lowest BCUT2D eigenvalue weighted by Crippen LogP contribution is -2.19. The Balaban J connectivity index is 1.59. The van der Waals surface area contributed by atoms with Gasteiger partial charge in [-0.15, -0.1) is 0 Å². The minimum Gasteiger partial charge on any atom is -0.357 e. The van der Waals surface area contributed by atoms with Crippen LogP contribution in [0.4, 0.5) is 11.5 Å². The van der Waals surface area contributed by atoms with E-state index in [2.05, 4.69) is 15.2 Å². The number of carbonyl (C=O) groups is 1. The molecule has 2 heterocycles. The number of benzene rings is 1. The van der Waals surface area contributed by atoms with E-state index < -0.39 is 0 Å². The van der Waals surface area contributed by atoms with E-state index in [-0.39, 0.29) is 12.3 Å². The van der Waals surface area contributed by atoms with E-state index in [1.807, 2.05) is 12.1 Å². The SMILES string of the molecule is O=C(Cc1ccc(Cl)c(Cl)c1)Nc1ccc(N2CCCC2)nc1. The van der Waals surface area contributed by atoms with Gasteiger partial charge in [0.1, 0.15) is 5.82 Å². The van der Waals surface area contributed by atoms with Crippen LogP contribution in [0.3, 0.4) is 0 Å². The number of aromatic nitrogens is 1. The van der Waals surface area contributed by atoms with Crippen LogP contribution in [0.5, 0.6) is 0 Å². The van der Waals surface area contributed by atoms with E-state index in [1.165, 1.54) is 12.8 Å². The van der Waals surface area contributed by atoms with Gasteiger partial charge in [-0.05, 0) is 42.7 Å². The number of nitrogens with zero attached hydrogens (tertiary/aromatic N) is 2. The van der Waals surface area contributed by atoms with Crippen molar-refractivity contribution >= 4 is 40.6 Å². The highest BCUT2D eigenvalue weighted by Gasteiger charge is 2.13. The standard InChI is InChI=1S/C17H17Cl2N3O/c18-14-5-3-12(9-15(14)19)10-17(23)21-13-4-6-16(20-11-13)22-7-1-2-8-22/h3-6,9,11H,1-2,7-8,10H2,(H,21,23).